The van der Waals surface area contributed by atoms with Gasteiger partial charge >= 0.3 is 11.8 Å². The fourth-order valence-corrected chi connectivity index (χ4v) is 3.66. The predicted octanol–water partition coefficient (Wildman–Crippen LogP) is 3.76. The maximum atomic E-state index is 13.2. The summed E-state index contributed by atoms with van der Waals surface area (Å²) in [5.41, 5.74) is 1.49. The molecule has 158 valence electrons. The number of cyclic esters (lactones) is 1. The second-order valence-electron chi connectivity index (χ2n) is 7.20. The third-order valence-electron chi connectivity index (χ3n) is 5.28. The van der Waals surface area contributed by atoms with Crippen LogP contribution in [0, 0.1) is 16.0 Å². The highest BCUT2D eigenvalue weighted by Gasteiger charge is 2.40. The average molecular weight is 412 g/mol. The van der Waals surface area contributed by atoms with E-state index in [1.165, 1.54) is 24.1 Å². The van der Waals surface area contributed by atoms with Gasteiger partial charge in [0.15, 0.2) is 5.75 Å². The molecule has 1 aliphatic heterocycles. The average Bonchev–Trinajstić information content (AvgIpc) is 3.11. The largest absolute Gasteiger partial charge is 0.490 e. The molecule has 8 heteroatoms. The number of hydrogen-bond donors (Lipinski definition) is 0. The number of nitrogens with zero attached hydrogens (tertiary/aromatic N) is 2. The van der Waals surface area contributed by atoms with Crippen LogP contribution in [0.25, 0.3) is 0 Å². The predicted molar refractivity (Wildman–Crippen MR) is 109 cm³/mol. The van der Waals surface area contributed by atoms with Crippen LogP contribution in [0.1, 0.15) is 24.5 Å². The number of nitro groups is 1. The van der Waals surface area contributed by atoms with Gasteiger partial charge in [-0.3, -0.25) is 14.9 Å². The van der Waals surface area contributed by atoms with Crippen LogP contribution in [0.5, 0.6) is 5.75 Å². The van der Waals surface area contributed by atoms with E-state index in [4.69, 9.17) is 9.47 Å². The summed E-state index contributed by atoms with van der Waals surface area (Å²) in [4.78, 5) is 37.5. The molecule has 0 spiro atoms. The van der Waals surface area contributed by atoms with Crippen molar-refractivity contribution in [2.75, 3.05) is 13.7 Å². The van der Waals surface area contributed by atoms with E-state index in [0.717, 1.165) is 5.56 Å². The molecule has 1 heterocycles. The third kappa shape index (κ3) is 4.59. The number of carbonyl (C=O) groups excluding carboxylic acids is 2. The number of amides is 2. The lowest BCUT2D eigenvalue weighted by atomic mass is 9.94. The number of carbonyl (C=O) groups is 2. The number of nitro benzene ring substituents is 1. The van der Waals surface area contributed by atoms with Crippen LogP contribution in [-0.2, 0) is 22.4 Å². The van der Waals surface area contributed by atoms with Gasteiger partial charge in [0.05, 0.1) is 18.1 Å². The van der Waals surface area contributed by atoms with Crippen LogP contribution in [0.4, 0.5) is 10.5 Å². The van der Waals surface area contributed by atoms with Gasteiger partial charge in [-0.25, -0.2) is 9.69 Å². The molecule has 0 aliphatic carbocycles. The molecule has 2 aromatic carbocycles. The molecule has 30 heavy (non-hydrogen) atoms. The summed E-state index contributed by atoms with van der Waals surface area (Å²) in [7, 11) is 1.37. The summed E-state index contributed by atoms with van der Waals surface area (Å²) in [5, 5.41) is 11.3. The molecule has 1 fully saturated rings. The van der Waals surface area contributed by atoms with Gasteiger partial charge in [-0.15, -0.1) is 0 Å². The van der Waals surface area contributed by atoms with Crippen molar-refractivity contribution in [3.63, 3.8) is 0 Å². The molecule has 1 saturated heterocycles. The molecule has 0 saturated carbocycles. The van der Waals surface area contributed by atoms with Crippen molar-refractivity contribution in [3.05, 3.63) is 69.8 Å². The Kier molecular flexibility index (Phi) is 6.66. The van der Waals surface area contributed by atoms with Crippen LogP contribution < -0.4 is 4.74 Å². The molecule has 0 bridgehead atoms. The SMILES string of the molecule is CC[C@@H](Cc1ccc(OC)c([N+](=O)[O-])c1)C(=O)N1C(=O)OC[C@H]1Cc1ccccc1. The summed E-state index contributed by atoms with van der Waals surface area (Å²) in [5.74, 6) is -0.657. The van der Waals surface area contributed by atoms with Crippen molar-refractivity contribution in [1.82, 2.24) is 4.90 Å². The van der Waals surface area contributed by atoms with Crippen molar-refractivity contribution >= 4 is 17.7 Å². The maximum absolute atomic E-state index is 13.2. The molecule has 0 radical (unpaired) electrons. The molecule has 2 amide bonds. The highest BCUT2D eigenvalue weighted by Crippen LogP contribution is 2.30. The van der Waals surface area contributed by atoms with E-state index in [1.54, 1.807) is 6.07 Å². The third-order valence-corrected chi connectivity index (χ3v) is 5.28. The lowest BCUT2D eigenvalue weighted by Crippen LogP contribution is -2.44. The van der Waals surface area contributed by atoms with Crippen LogP contribution in [-0.4, -0.2) is 41.6 Å². The Morgan fingerprint density at radius 2 is 2.00 bits per heavy atom. The van der Waals surface area contributed by atoms with Crippen LogP contribution in [0.3, 0.4) is 0 Å². The molecule has 0 aromatic heterocycles. The van der Waals surface area contributed by atoms with Crippen LogP contribution in [0.2, 0.25) is 0 Å². The molecule has 0 unspecified atom stereocenters. The number of rotatable bonds is 8. The lowest BCUT2D eigenvalue weighted by molar-refractivity contribution is -0.385. The first-order chi connectivity index (χ1) is 14.4. The number of methoxy groups -OCH3 is 1. The van der Waals surface area contributed by atoms with Gasteiger partial charge in [-0.05, 0) is 36.5 Å². The highest BCUT2D eigenvalue weighted by atomic mass is 16.6. The first-order valence-electron chi connectivity index (χ1n) is 9.79. The van der Waals surface area contributed by atoms with Gasteiger partial charge in [0, 0.05) is 12.0 Å². The summed E-state index contributed by atoms with van der Waals surface area (Å²) in [6.45, 7) is 2.01. The minimum Gasteiger partial charge on any atom is -0.490 e. The van der Waals surface area contributed by atoms with E-state index in [9.17, 15) is 19.7 Å². The van der Waals surface area contributed by atoms with Crippen LogP contribution in [0.15, 0.2) is 48.5 Å². The number of imide groups is 1. The summed E-state index contributed by atoms with van der Waals surface area (Å²) >= 11 is 0. The minimum absolute atomic E-state index is 0.153. The van der Waals surface area contributed by atoms with E-state index < -0.39 is 16.9 Å². The Balaban J connectivity index is 1.78. The van der Waals surface area contributed by atoms with E-state index in [1.807, 2.05) is 37.3 Å². The van der Waals surface area contributed by atoms with Crippen LogP contribution >= 0.6 is 0 Å². The van der Waals surface area contributed by atoms with Gasteiger partial charge < -0.3 is 9.47 Å². The fraction of sp³-hybridized carbons (Fsp3) is 0.364. The Labute approximate surface area is 174 Å². The smallest absolute Gasteiger partial charge is 0.416 e. The fourth-order valence-electron chi connectivity index (χ4n) is 3.66. The number of ether oxygens (including phenoxy) is 2. The Morgan fingerprint density at radius 1 is 1.27 bits per heavy atom. The molecular weight excluding hydrogens is 388 g/mol. The van der Waals surface area contributed by atoms with Gasteiger partial charge in [0.2, 0.25) is 5.91 Å². The lowest BCUT2D eigenvalue weighted by Gasteiger charge is -2.24. The Bertz CT molecular complexity index is 930. The number of benzene rings is 2. The summed E-state index contributed by atoms with van der Waals surface area (Å²) < 4.78 is 10.2. The molecule has 2 atom stereocenters. The Hall–Kier alpha value is -3.42. The summed E-state index contributed by atoms with van der Waals surface area (Å²) in [6, 6.07) is 13.9. The van der Waals surface area contributed by atoms with Gasteiger partial charge in [0.25, 0.3) is 0 Å². The first kappa shape index (κ1) is 21.3. The van der Waals surface area contributed by atoms with E-state index in [2.05, 4.69) is 0 Å². The molecule has 2 aromatic rings. The number of hydrogen-bond acceptors (Lipinski definition) is 6. The molecule has 8 nitrogen and oxygen atoms in total. The van der Waals surface area contributed by atoms with E-state index in [0.29, 0.717) is 18.4 Å². The maximum Gasteiger partial charge on any atom is 0.416 e. The molecule has 3 rings (SSSR count). The zero-order valence-electron chi connectivity index (χ0n) is 16.9. The van der Waals surface area contributed by atoms with Gasteiger partial charge in [0.1, 0.15) is 6.61 Å². The van der Waals surface area contributed by atoms with E-state index >= 15 is 0 Å². The van der Waals surface area contributed by atoms with Crippen molar-refractivity contribution < 1.29 is 24.0 Å². The summed E-state index contributed by atoms with van der Waals surface area (Å²) in [6.07, 6.45) is 0.644. The van der Waals surface area contributed by atoms with Gasteiger partial charge in [-0.2, -0.15) is 0 Å². The normalized spacial score (nSPS) is 16.8. The Morgan fingerprint density at radius 3 is 2.63 bits per heavy atom. The molecule has 1 aliphatic rings. The second-order valence-corrected chi connectivity index (χ2v) is 7.20. The van der Waals surface area contributed by atoms with Crippen molar-refractivity contribution in [2.45, 2.75) is 32.2 Å². The molecule has 0 N–H and O–H groups in total. The van der Waals surface area contributed by atoms with Crippen molar-refractivity contribution in [2.24, 2.45) is 5.92 Å². The quantitative estimate of drug-likeness (QED) is 0.483. The first-order valence-corrected chi connectivity index (χ1v) is 9.79. The topological polar surface area (TPSA) is 99.0 Å². The minimum atomic E-state index is -0.639. The van der Waals surface area contributed by atoms with Gasteiger partial charge in [-0.1, -0.05) is 43.3 Å². The highest BCUT2D eigenvalue weighted by molar-refractivity contribution is 5.95. The monoisotopic (exact) mass is 412 g/mol. The zero-order valence-corrected chi connectivity index (χ0v) is 16.9. The van der Waals surface area contributed by atoms with Crippen molar-refractivity contribution in [3.8, 4) is 5.75 Å². The molecular formula is C22H24N2O6. The standard InChI is InChI=1S/C22H24N2O6/c1-3-17(11-16-9-10-20(29-2)19(13-16)24(27)28)21(25)23-18(14-30-22(23)26)12-15-7-5-4-6-8-15/h4-10,13,17-18H,3,11-12,14H2,1-2H3/t17-,18+/m0/s1. The van der Waals surface area contributed by atoms with E-state index in [-0.39, 0.29) is 36.4 Å². The zero-order chi connectivity index (χ0) is 21.7. The van der Waals surface area contributed by atoms with Crippen molar-refractivity contribution in [1.29, 1.82) is 0 Å². The second kappa shape index (κ2) is 9.39.